The lowest BCUT2D eigenvalue weighted by Crippen LogP contribution is -2.53. The van der Waals surface area contributed by atoms with Crippen LogP contribution in [0.25, 0.3) is 0 Å². The molecule has 3 unspecified atom stereocenters. The molecule has 1 aromatic rings. The molecule has 2 rings (SSSR count). The maximum absolute atomic E-state index is 5.45. The fraction of sp³-hybridized carbons (Fsp3) is 0.733. The van der Waals surface area contributed by atoms with E-state index in [0.29, 0.717) is 18.0 Å². The van der Waals surface area contributed by atoms with Crippen molar-refractivity contribution in [2.24, 2.45) is 5.92 Å². The van der Waals surface area contributed by atoms with Gasteiger partial charge in [-0.05, 0) is 44.4 Å². The maximum atomic E-state index is 5.45. The Kier molecular flexibility index (Phi) is 4.84. The Morgan fingerprint density at radius 2 is 2.28 bits per heavy atom. The lowest BCUT2D eigenvalue weighted by molar-refractivity contribution is 0.0725. The van der Waals surface area contributed by atoms with Crippen LogP contribution in [0.4, 0.5) is 0 Å². The van der Waals surface area contributed by atoms with E-state index in [2.05, 4.69) is 37.1 Å². The second-order valence-corrected chi connectivity index (χ2v) is 5.50. The van der Waals surface area contributed by atoms with Crippen molar-refractivity contribution in [2.75, 3.05) is 13.1 Å². The largest absolute Gasteiger partial charge is 0.468 e. The Morgan fingerprint density at radius 3 is 2.94 bits per heavy atom. The van der Waals surface area contributed by atoms with Gasteiger partial charge in [-0.25, -0.2) is 0 Å². The highest BCUT2D eigenvalue weighted by Gasteiger charge is 2.32. The highest BCUT2D eigenvalue weighted by molar-refractivity contribution is 5.00. The SMILES string of the molecule is CCCNC1CCN(Cc2ccco2)C(C)C1C. The zero-order valence-corrected chi connectivity index (χ0v) is 11.9. The number of nitrogens with one attached hydrogen (secondary N) is 1. The first-order valence-electron chi connectivity index (χ1n) is 7.22. The van der Waals surface area contributed by atoms with Crippen molar-refractivity contribution in [3.63, 3.8) is 0 Å². The minimum absolute atomic E-state index is 0.609. The van der Waals surface area contributed by atoms with Gasteiger partial charge in [0.1, 0.15) is 5.76 Å². The summed E-state index contributed by atoms with van der Waals surface area (Å²) in [6, 6.07) is 5.32. The summed E-state index contributed by atoms with van der Waals surface area (Å²) in [7, 11) is 0. The molecule has 0 radical (unpaired) electrons. The van der Waals surface area contributed by atoms with Gasteiger partial charge in [0.25, 0.3) is 0 Å². The minimum atomic E-state index is 0.609. The third kappa shape index (κ3) is 3.15. The third-order valence-electron chi connectivity index (χ3n) is 4.29. The number of rotatable bonds is 5. The van der Waals surface area contributed by atoms with Gasteiger partial charge >= 0.3 is 0 Å². The van der Waals surface area contributed by atoms with Crippen molar-refractivity contribution in [2.45, 2.75) is 52.2 Å². The molecule has 3 nitrogen and oxygen atoms in total. The molecule has 0 aromatic carbocycles. The first kappa shape index (κ1) is 13.6. The molecule has 1 fully saturated rings. The highest BCUT2D eigenvalue weighted by Crippen LogP contribution is 2.25. The van der Waals surface area contributed by atoms with E-state index in [0.717, 1.165) is 25.4 Å². The van der Waals surface area contributed by atoms with Crippen molar-refractivity contribution in [3.05, 3.63) is 24.2 Å². The fourth-order valence-corrected chi connectivity index (χ4v) is 2.88. The molecule has 1 aliphatic rings. The number of hydrogen-bond acceptors (Lipinski definition) is 3. The molecule has 3 heteroatoms. The molecule has 1 N–H and O–H groups in total. The number of hydrogen-bond donors (Lipinski definition) is 1. The Bertz CT molecular complexity index is 336. The number of likely N-dealkylation sites (tertiary alicyclic amines) is 1. The van der Waals surface area contributed by atoms with Crippen molar-refractivity contribution in [1.82, 2.24) is 10.2 Å². The summed E-state index contributed by atoms with van der Waals surface area (Å²) in [5.41, 5.74) is 0. The van der Waals surface area contributed by atoms with Gasteiger partial charge in [0.2, 0.25) is 0 Å². The van der Waals surface area contributed by atoms with Crippen molar-refractivity contribution in [3.8, 4) is 0 Å². The van der Waals surface area contributed by atoms with Crippen LogP contribution < -0.4 is 5.32 Å². The van der Waals surface area contributed by atoms with Gasteiger partial charge < -0.3 is 9.73 Å². The van der Waals surface area contributed by atoms with E-state index in [1.165, 1.54) is 12.8 Å². The lowest BCUT2D eigenvalue weighted by Gasteiger charge is -2.42. The molecule has 0 saturated carbocycles. The molecule has 0 spiro atoms. The van der Waals surface area contributed by atoms with Crippen LogP contribution in [0, 0.1) is 5.92 Å². The smallest absolute Gasteiger partial charge is 0.117 e. The molecule has 1 aliphatic heterocycles. The molecule has 18 heavy (non-hydrogen) atoms. The van der Waals surface area contributed by atoms with Crippen LogP contribution in [0.2, 0.25) is 0 Å². The lowest BCUT2D eigenvalue weighted by atomic mass is 9.87. The molecule has 3 atom stereocenters. The summed E-state index contributed by atoms with van der Waals surface area (Å²) < 4.78 is 5.45. The summed E-state index contributed by atoms with van der Waals surface area (Å²) in [5.74, 6) is 1.77. The van der Waals surface area contributed by atoms with Gasteiger partial charge in [-0.3, -0.25) is 4.90 Å². The fourth-order valence-electron chi connectivity index (χ4n) is 2.88. The Balaban J connectivity index is 1.89. The van der Waals surface area contributed by atoms with E-state index >= 15 is 0 Å². The van der Waals surface area contributed by atoms with E-state index in [9.17, 15) is 0 Å². The van der Waals surface area contributed by atoms with E-state index in [1.54, 1.807) is 6.26 Å². The second kappa shape index (κ2) is 6.39. The van der Waals surface area contributed by atoms with Crippen LogP contribution in [0.1, 0.15) is 39.4 Å². The second-order valence-electron chi connectivity index (χ2n) is 5.50. The number of nitrogens with zero attached hydrogens (tertiary/aromatic N) is 1. The first-order valence-corrected chi connectivity index (χ1v) is 7.22. The van der Waals surface area contributed by atoms with Crippen molar-refractivity contribution >= 4 is 0 Å². The monoisotopic (exact) mass is 250 g/mol. The van der Waals surface area contributed by atoms with Gasteiger partial charge in [0.15, 0.2) is 0 Å². The zero-order chi connectivity index (χ0) is 13.0. The van der Waals surface area contributed by atoms with Crippen molar-refractivity contribution < 1.29 is 4.42 Å². The molecule has 0 amide bonds. The number of piperidine rings is 1. The van der Waals surface area contributed by atoms with Gasteiger partial charge in [-0.2, -0.15) is 0 Å². The van der Waals surface area contributed by atoms with Crippen LogP contribution >= 0.6 is 0 Å². The molecule has 0 aliphatic carbocycles. The molecule has 1 aromatic heterocycles. The van der Waals surface area contributed by atoms with Crippen LogP contribution in [-0.4, -0.2) is 30.1 Å². The summed E-state index contributed by atoms with van der Waals surface area (Å²) in [5, 5.41) is 3.68. The van der Waals surface area contributed by atoms with E-state index in [4.69, 9.17) is 4.42 Å². The summed E-state index contributed by atoms with van der Waals surface area (Å²) in [6.07, 6.45) is 4.22. The van der Waals surface area contributed by atoms with Crippen LogP contribution in [-0.2, 0) is 6.54 Å². The summed E-state index contributed by atoms with van der Waals surface area (Å²) in [6.45, 7) is 10.2. The third-order valence-corrected chi connectivity index (χ3v) is 4.29. The van der Waals surface area contributed by atoms with E-state index in [1.807, 2.05) is 6.07 Å². The van der Waals surface area contributed by atoms with Gasteiger partial charge in [-0.1, -0.05) is 13.8 Å². The predicted octanol–water partition coefficient (Wildman–Crippen LogP) is 2.88. The minimum Gasteiger partial charge on any atom is -0.468 e. The Morgan fingerprint density at radius 1 is 1.44 bits per heavy atom. The molecule has 102 valence electrons. The molecule has 2 heterocycles. The Hall–Kier alpha value is -0.800. The maximum Gasteiger partial charge on any atom is 0.117 e. The highest BCUT2D eigenvalue weighted by atomic mass is 16.3. The first-order chi connectivity index (χ1) is 8.72. The van der Waals surface area contributed by atoms with E-state index < -0.39 is 0 Å². The average molecular weight is 250 g/mol. The number of furan rings is 1. The summed E-state index contributed by atoms with van der Waals surface area (Å²) >= 11 is 0. The quantitative estimate of drug-likeness (QED) is 0.871. The van der Waals surface area contributed by atoms with Gasteiger partial charge in [0, 0.05) is 18.6 Å². The van der Waals surface area contributed by atoms with Crippen LogP contribution in [0.15, 0.2) is 22.8 Å². The molecule has 1 saturated heterocycles. The standard InChI is InChI=1S/C15H26N2O/c1-4-8-16-15-7-9-17(13(3)12(15)2)11-14-6-5-10-18-14/h5-6,10,12-13,15-16H,4,7-9,11H2,1-3H3. The van der Waals surface area contributed by atoms with Crippen LogP contribution in [0.3, 0.4) is 0 Å². The topological polar surface area (TPSA) is 28.4 Å². The Labute approximate surface area is 111 Å². The normalized spacial score (nSPS) is 29.6. The molecular weight excluding hydrogens is 224 g/mol. The van der Waals surface area contributed by atoms with Crippen LogP contribution in [0.5, 0.6) is 0 Å². The van der Waals surface area contributed by atoms with E-state index in [-0.39, 0.29) is 0 Å². The zero-order valence-electron chi connectivity index (χ0n) is 11.9. The summed E-state index contributed by atoms with van der Waals surface area (Å²) in [4.78, 5) is 2.54. The molecule has 0 bridgehead atoms. The molecular formula is C15H26N2O. The van der Waals surface area contributed by atoms with Crippen molar-refractivity contribution in [1.29, 1.82) is 0 Å². The van der Waals surface area contributed by atoms with Gasteiger partial charge in [0.05, 0.1) is 12.8 Å². The predicted molar refractivity (Wildman–Crippen MR) is 74.4 cm³/mol. The van der Waals surface area contributed by atoms with Gasteiger partial charge in [-0.15, -0.1) is 0 Å². The average Bonchev–Trinajstić information content (AvgIpc) is 2.87.